The third-order valence-electron chi connectivity index (χ3n) is 2.47. The van der Waals surface area contributed by atoms with E-state index < -0.39 is 6.04 Å². The molecule has 1 aliphatic carbocycles. The van der Waals surface area contributed by atoms with Crippen LogP contribution in [0.2, 0.25) is 0 Å². The molecule has 0 aromatic rings. The smallest absolute Gasteiger partial charge is 0.322 e. The topological polar surface area (TPSA) is 52.3 Å². The zero-order valence-electron chi connectivity index (χ0n) is 9.15. The number of rotatable bonds is 5. The lowest BCUT2D eigenvalue weighted by molar-refractivity contribution is -0.142. The molecule has 0 aromatic carbocycles. The molecule has 0 bridgehead atoms. The first-order valence-electron chi connectivity index (χ1n) is 5.35. The molecule has 0 saturated heterocycles. The number of methoxy groups -OCH3 is 1. The number of ether oxygens (including phenoxy) is 1. The minimum atomic E-state index is -0.463. The molecular weight excluding hydrogens is 210 g/mol. The van der Waals surface area contributed by atoms with Gasteiger partial charge in [0.1, 0.15) is 6.04 Å². The summed E-state index contributed by atoms with van der Waals surface area (Å²) in [4.78, 5) is 11.0. The molecule has 2 atom stereocenters. The quantitative estimate of drug-likeness (QED) is 0.576. The molecule has 1 aliphatic rings. The van der Waals surface area contributed by atoms with Crippen molar-refractivity contribution >= 4 is 17.7 Å². The maximum absolute atomic E-state index is 11.0. The fourth-order valence-corrected chi connectivity index (χ4v) is 2.78. The Morgan fingerprint density at radius 2 is 2.53 bits per heavy atom. The highest BCUT2D eigenvalue weighted by Gasteiger charge is 2.14. The molecule has 4 heteroatoms. The van der Waals surface area contributed by atoms with E-state index in [0.717, 1.165) is 5.75 Å². The lowest BCUT2D eigenvalue weighted by Gasteiger charge is -2.16. The molecule has 0 fully saturated rings. The van der Waals surface area contributed by atoms with Crippen molar-refractivity contribution < 1.29 is 9.53 Å². The van der Waals surface area contributed by atoms with Gasteiger partial charge in [0.25, 0.3) is 0 Å². The van der Waals surface area contributed by atoms with Crippen LogP contribution in [0, 0.1) is 0 Å². The fourth-order valence-electron chi connectivity index (χ4n) is 1.54. The van der Waals surface area contributed by atoms with Crippen LogP contribution in [0.1, 0.15) is 25.7 Å². The number of hydrogen-bond acceptors (Lipinski definition) is 4. The van der Waals surface area contributed by atoms with E-state index >= 15 is 0 Å². The van der Waals surface area contributed by atoms with Crippen LogP contribution < -0.4 is 5.73 Å². The zero-order chi connectivity index (χ0) is 11.1. The molecule has 0 aliphatic heterocycles. The lowest BCUT2D eigenvalue weighted by Crippen LogP contribution is -2.32. The van der Waals surface area contributed by atoms with E-state index in [1.807, 2.05) is 11.8 Å². The van der Waals surface area contributed by atoms with Gasteiger partial charge in [0.05, 0.1) is 7.11 Å². The minimum absolute atomic E-state index is 0.310. The average Bonchev–Trinajstić information content (AvgIpc) is 2.29. The lowest BCUT2D eigenvalue weighted by atomic mass is 10.1. The van der Waals surface area contributed by atoms with Crippen LogP contribution in [0.5, 0.6) is 0 Å². The van der Waals surface area contributed by atoms with Crippen LogP contribution in [-0.2, 0) is 9.53 Å². The van der Waals surface area contributed by atoms with E-state index in [4.69, 9.17) is 5.73 Å². The first-order chi connectivity index (χ1) is 7.24. The molecule has 0 aromatic heterocycles. The molecular formula is C11H19NO2S. The predicted octanol–water partition coefficient (Wildman–Crippen LogP) is 1.72. The molecule has 3 nitrogen and oxygen atoms in total. The predicted molar refractivity (Wildman–Crippen MR) is 63.8 cm³/mol. The number of carbonyl (C=O) groups is 1. The monoisotopic (exact) mass is 229 g/mol. The first kappa shape index (κ1) is 12.6. The Kier molecular flexibility index (Phi) is 5.79. The molecule has 0 amide bonds. The molecule has 0 saturated carbocycles. The van der Waals surface area contributed by atoms with Crippen molar-refractivity contribution in [1.29, 1.82) is 0 Å². The van der Waals surface area contributed by atoms with Crippen molar-refractivity contribution in [2.24, 2.45) is 5.73 Å². The van der Waals surface area contributed by atoms with Gasteiger partial charge in [-0.2, -0.15) is 11.8 Å². The van der Waals surface area contributed by atoms with Crippen molar-refractivity contribution in [2.75, 3.05) is 12.9 Å². The summed E-state index contributed by atoms with van der Waals surface area (Å²) in [6.45, 7) is 0. The number of esters is 1. The molecule has 0 radical (unpaired) electrons. The third-order valence-corrected chi connectivity index (χ3v) is 3.77. The van der Waals surface area contributed by atoms with Crippen LogP contribution in [0.15, 0.2) is 12.2 Å². The fraction of sp³-hybridized carbons (Fsp3) is 0.727. The van der Waals surface area contributed by atoms with E-state index in [-0.39, 0.29) is 5.97 Å². The van der Waals surface area contributed by atoms with E-state index in [0.29, 0.717) is 11.7 Å². The van der Waals surface area contributed by atoms with Crippen LogP contribution >= 0.6 is 11.8 Å². The summed E-state index contributed by atoms with van der Waals surface area (Å²) in [5.41, 5.74) is 5.64. The van der Waals surface area contributed by atoms with Gasteiger partial charge in [0.15, 0.2) is 0 Å². The second kappa shape index (κ2) is 6.90. The highest BCUT2D eigenvalue weighted by atomic mass is 32.2. The number of nitrogens with two attached hydrogens (primary N) is 1. The largest absolute Gasteiger partial charge is 0.468 e. The minimum Gasteiger partial charge on any atom is -0.468 e. The number of allylic oxidation sites excluding steroid dienone is 1. The normalized spacial score (nSPS) is 22.4. The Balaban J connectivity index is 2.12. The van der Waals surface area contributed by atoms with Crippen molar-refractivity contribution in [3.05, 3.63) is 12.2 Å². The van der Waals surface area contributed by atoms with Crippen molar-refractivity contribution in [1.82, 2.24) is 0 Å². The Morgan fingerprint density at radius 1 is 1.73 bits per heavy atom. The van der Waals surface area contributed by atoms with Gasteiger partial charge in [-0.1, -0.05) is 12.2 Å². The van der Waals surface area contributed by atoms with Gasteiger partial charge in [0.2, 0.25) is 0 Å². The second-order valence-corrected chi connectivity index (χ2v) is 5.03. The Labute approximate surface area is 95.4 Å². The summed E-state index contributed by atoms with van der Waals surface area (Å²) in [6.07, 6.45) is 8.92. The van der Waals surface area contributed by atoms with Gasteiger partial charge in [-0.15, -0.1) is 0 Å². The Hall–Kier alpha value is -0.480. The summed E-state index contributed by atoms with van der Waals surface area (Å²) in [5, 5.41) is 0.614. The van der Waals surface area contributed by atoms with Crippen molar-refractivity contribution in [3.8, 4) is 0 Å². The van der Waals surface area contributed by atoms with Gasteiger partial charge in [-0.05, 0) is 31.4 Å². The Morgan fingerprint density at radius 3 is 3.13 bits per heavy atom. The average molecular weight is 229 g/mol. The van der Waals surface area contributed by atoms with E-state index in [9.17, 15) is 4.79 Å². The van der Waals surface area contributed by atoms with Crippen LogP contribution in [0.4, 0.5) is 0 Å². The third kappa shape index (κ3) is 4.71. The van der Waals surface area contributed by atoms with Gasteiger partial charge in [-0.25, -0.2) is 0 Å². The SMILES string of the molecule is COC(=O)C(N)CCSC1C=CCCC1. The summed E-state index contributed by atoms with van der Waals surface area (Å²) in [6, 6.07) is -0.463. The van der Waals surface area contributed by atoms with Crippen molar-refractivity contribution in [3.63, 3.8) is 0 Å². The van der Waals surface area contributed by atoms with Gasteiger partial charge in [-0.3, -0.25) is 4.79 Å². The zero-order valence-corrected chi connectivity index (χ0v) is 9.96. The summed E-state index contributed by atoms with van der Waals surface area (Å²) >= 11 is 1.88. The molecule has 86 valence electrons. The van der Waals surface area contributed by atoms with E-state index in [1.54, 1.807) is 0 Å². The Bertz CT molecular complexity index is 231. The molecule has 2 N–H and O–H groups in total. The maximum atomic E-state index is 11.0. The number of hydrogen-bond donors (Lipinski definition) is 1. The number of carbonyl (C=O) groups excluding carboxylic acids is 1. The van der Waals surface area contributed by atoms with Crippen LogP contribution in [0.25, 0.3) is 0 Å². The van der Waals surface area contributed by atoms with E-state index in [2.05, 4.69) is 16.9 Å². The maximum Gasteiger partial charge on any atom is 0.322 e. The second-order valence-electron chi connectivity index (χ2n) is 3.69. The van der Waals surface area contributed by atoms with Crippen LogP contribution in [-0.4, -0.2) is 30.1 Å². The van der Waals surface area contributed by atoms with Crippen molar-refractivity contribution in [2.45, 2.75) is 37.0 Å². The first-order valence-corrected chi connectivity index (χ1v) is 6.40. The number of thioether (sulfide) groups is 1. The molecule has 2 unspecified atom stereocenters. The standard InChI is InChI=1S/C11H19NO2S/c1-14-11(13)10(12)7-8-15-9-5-3-2-4-6-9/h3,5,9-10H,2,4,6-8,12H2,1H3. The summed E-state index contributed by atoms with van der Waals surface area (Å²) in [7, 11) is 1.37. The van der Waals surface area contributed by atoms with Gasteiger partial charge in [0, 0.05) is 5.25 Å². The molecule has 0 spiro atoms. The summed E-state index contributed by atoms with van der Waals surface area (Å²) < 4.78 is 4.57. The molecule has 1 rings (SSSR count). The molecule has 0 heterocycles. The van der Waals surface area contributed by atoms with Gasteiger partial charge >= 0.3 is 5.97 Å². The highest BCUT2D eigenvalue weighted by molar-refractivity contribution is 8.00. The van der Waals surface area contributed by atoms with Gasteiger partial charge < -0.3 is 10.5 Å². The van der Waals surface area contributed by atoms with Crippen LogP contribution in [0.3, 0.4) is 0 Å². The highest BCUT2D eigenvalue weighted by Crippen LogP contribution is 2.23. The van der Waals surface area contributed by atoms with E-state index in [1.165, 1.54) is 26.4 Å². The molecule has 15 heavy (non-hydrogen) atoms. The summed E-state index contributed by atoms with van der Waals surface area (Å²) in [5.74, 6) is 0.612.